The normalized spacial score (nSPS) is 11.5. The van der Waals surface area contributed by atoms with E-state index >= 15 is 0 Å². The van der Waals surface area contributed by atoms with Crippen molar-refractivity contribution in [2.24, 2.45) is 0 Å². The Kier molecular flexibility index (Phi) is 7.40. The van der Waals surface area contributed by atoms with Crippen LogP contribution in [0.2, 0.25) is 0 Å². The van der Waals surface area contributed by atoms with Gasteiger partial charge in [0.15, 0.2) is 11.5 Å². The molecule has 1 aromatic rings. The van der Waals surface area contributed by atoms with Gasteiger partial charge in [-0.15, -0.1) is 13.2 Å². The molecule has 0 unspecified atom stereocenters. The highest BCUT2D eigenvalue weighted by atomic mass is 19.4. The van der Waals surface area contributed by atoms with Crippen LogP contribution >= 0.6 is 0 Å². The van der Waals surface area contributed by atoms with E-state index in [0.717, 1.165) is 19.3 Å². The number of unbranched alkanes of at least 4 members (excludes halogenated alkanes) is 5. The lowest BCUT2D eigenvalue weighted by atomic mass is 10.1. The number of rotatable bonds is 9. The second kappa shape index (κ2) is 8.80. The molecule has 0 aliphatic rings. The first-order chi connectivity index (χ1) is 9.92. The minimum absolute atomic E-state index is 0.105. The van der Waals surface area contributed by atoms with Crippen LogP contribution < -0.4 is 9.47 Å². The molecule has 0 N–H and O–H groups in total. The predicted octanol–water partition coefficient (Wildman–Crippen LogP) is 5.51. The van der Waals surface area contributed by atoms with E-state index in [1.165, 1.54) is 31.4 Å². The fourth-order valence-electron chi connectivity index (χ4n) is 1.94. The fourth-order valence-corrected chi connectivity index (χ4v) is 1.94. The average molecular weight is 303 g/mol. The van der Waals surface area contributed by atoms with Crippen LogP contribution in [0.4, 0.5) is 13.2 Å². The summed E-state index contributed by atoms with van der Waals surface area (Å²) in [6.07, 6.45) is 1.83. The summed E-state index contributed by atoms with van der Waals surface area (Å²) in [5.41, 5.74) is 0.446. The van der Waals surface area contributed by atoms with Gasteiger partial charge in [0, 0.05) is 0 Å². The van der Waals surface area contributed by atoms with Gasteiger partial charge in [0.2, 0.25) is 0 Å². The highest BCUT2D eigenvalue weighted by Crippen LogP contribution is 2.33. The maximum absolute atomic E-state index is 12.3. The second-order valence-corrected chi connectivity index (χ2v) is 4.95. The third-order valence-electron chi connectivity index (χ3n) is 2.99. The van der Waals surface area contributed by atoms with Gasteiger partial charge >= 0.3 is 6.36 Å². The third kappa shape index (κ3) is 7.83. The van der Waals surface area contributed by atoms with E-state index in [1.807, 2.05) is 0 Å². The van der Waals surface area contributed by atoms with Crippen LogP contribution in [0.15, 0.2) is 18.2 Å². The van der Waals surface area contributed by atoms with E-state index < -0.39 is 6.36 Å². The Morgan fingerprint density at radius 2 is 1.67 bits per heavy atom. The summed E-state index contributed by atoms with van der Waals surface area (Å²) in [5, 5.41) is 0. The summed E-state index contributed by atoms with van der Waals surface area (Å²) in [6, 6.07) is 4.28. The molecule has 1 radical (unpaired) electrons. The number of halogens is 3. The SMILES string of the molecule is [CH2]c1ccc(OCCCCCCCC)c(OC(F)(F)F)c1. The molecule has 0 aliphatic heterocycles. The van der Waals surface area contributed by atoms with Gasteiger partial charge in [-0.25, -0.2) is 0 Å². The second-order valence-electron chi connectivity index (χ2n) is 4.95. The molecule has 2 nitrogen and oxygen atoms in total. The molecule has 0 aromatic heterocycles. The molecule has 0 fully saturated rings. The van der Waals surface area contributed by atoms with E-state index in [0.29, 0.717) is 12.2 Å². The van der Waals surface area contributed by atoms with E-state index in [4.69, 9.17) is 4.74 Å². The molecule has 1 aromatic carbocycles. The van der Waals surface area contributed by atoms with Crippen molar-refractivity contribution in [3.63, 3.8) is 0 Å². The van der Waals surface area contributed by atoms with Crippen molar-refractivity contribution in [2.45, 2.75) is 51.8 Å². The standard InChI is InChI=1S/C16H22F3O2/c1-3-4-5-6-7-8-11-20-14-10-9-13(2)12-15(14)21-16(17,18)19/h9-10,12H,2-8,11H2,1H3. The van der Waals surface area contributed by atoms with Gasteiger partial charge in [0.25, 0.3) is 0 Å². The van der Waals surface area contributed by atoms with Crippen molar-refractivity contribution in [1.82, 2.24) is 0 Å². The molecule has 0 aliphatic carbocycles. The number of ether oxygens (including phenoxy) is 2. The van der Waals surface area contributed by atoms with Crippen LogP contribution in [0.25, 0.3) is 0 Å². The van der Waals surface area contributed by atoms with E-state index in [2.05, 4.69) is 18.6 Å². The largest absolute Gasteiger partial charge is 0.573 e. The van der Waals surface area contributed by atoms with E-state index in [-0.39, 0.29) is 11.5 Å². The van der Waals surface area contributed by atoms with Gasteiger partial charge in [-0.1, -0.05) is 45.1 Å². The van der Waals surface area contributed by atoms with Crippen molar-refractivity contribution in [3.8, 4) is 11.5 Å². The molecule has 0 amide bonds. The maximum Gasteiger partial charge on any atom is 0.573 e. The smallest absolute Gasteiger partial charge is 0.490 e. The Morgan fingerprint density at radius 3 is 2.33 bits per heavy atom. The first kappa shape index (κ1) is 17.7. The van der Waals surface area contributed by atoms with Crippen LogP contribution in [0, 0.1) is 6.92 Å². The van der Waals surface area contributed by atoms with Gasteiger partial charge in [-0.2, -0.15) is 0 Å². The van der Waals surface area contributed by atoms with Gasteiger partial charge in [-0.05, 0) is 31.0 Å². The molecule has 21 heavy (non-hydrogen) atoms. The number of hydrogen-bond acceptors (Lipinski definition) is 2. The lowest BCUT2D eigenvalue weighted by molar-refractivity contribution is -0.275. The Bertz CT molecular complexity index is 416. The van der Waals surface area contributed by atoms with Crippen LogP contribution in [0.1, 0.15) is 51.0 Å². The summed E-state index contributed by atoms with van der Waals surface area (Å²) < 4.78 is 46.3. The van der Waals surface area contributed by atoms with E-state index in [9.17, 15) is 13.2 Å². The highest BCUT2D eigenvalue weighted by Gasteiger charge is 2.32. The molecular formula is C16H22F3O2. The fraction of sp³-hybridized carbons (Fsp3) is 0.562. The zero-order chi connectivity index (χ0) is 15.7. The third-order valence-corrected chi connectivity index (χ3v) is 2.99. The Hall–Kier alpha value is -1.39. The minimum Gasteiger partial charge on any atom is -0.490 e. The molecule has 0 heterocycles. The number of benzene rings is 1. The predicted molar refractivity (Wildman–Crippen MR) is 76.5 cm³/mol. The molecule has 0 saturated carbocycles. The average Bonchev–Trinajstić information content (AvgIpc) is 2.38. The first-order valence-corrected chi connectivity index (χ1v) is 7.27. The summed E-state index contributed by atoms with van der Waals surface area (Å²) in [6.45, 7) is 6.12. The molecule has 1 rings (SSSR count). The van der Waals surface area contributed by atoms with Gasteiger partial charge in [0.1, 0.15) is 0 Å². The Morgan fingerprint density at radius 1 is 1.00 bits per heavy atom. The van der Waals surface area contributed by atoms with Crippen LogP contribution in [0.5, 0.6) is 11.5 Å². The van der Waals surface area contributed by atoms with Crippen molar-refractivity contribution < 1.29 is 22.6 Å². The summed E-state index contributed by atoms with van der Waals surface area (Å²) in [7, 11) is 0. The Balaban J connectivity index is 2.43. The zero-order valence-corrected chi connectivity index (χ0v) is 12.3. The lowest BCUT2D eigenvalue weighted by Gasteiger charge is -2.14. The first-order valence-electron chi connectivity index (χ1n) is 7.27. The van der Waals surface area contributed by atoms with Crippen LogP contribution in [-0.2, 0) is 0 Å². The molecule has 5 heteroatoms. The molecule has 119 valence electrons. The maximum atomic E-state index is 12.3. The lowest BCUT2D eigenvalue weighted by Crippen LogP contribution is -2.18. The van der Waals surface area contributed by atoms with Gasteiger partial charge < -0.3 is 9.47 Å². The number of alkyl halides is 3. The molecule has 0 atom stereocenters. The monoisotopic (exact) mass is 303 g/mol. The summed E-state index contributed by atoms with van der Waals surface area (Å²) in [5.74, 6) is -0.228. The highest BCUT2D eigenvalue weighted by molar-refractivity contribution is 5.43. The van der Waals surface area contributed by atoms with E-state index in [1.54, 1.807) is 6.07 Å². The van der Waals surface area contributed by atoms with Crippen molar-refractivity contribution in [3.05, 3.63) is 30.7 Å². The quantitative estimate of drug-likeness (QED) is 0.560. The minimum atomic E-state index is -4.73. The summed E-state index contributed by atoms with van der Waals surface area (Å²) in [4.78, 5) is 0. The van der Waals surface area contributed by atoms with Crippen molar-refractivity contribution >= 4 is 0 Å². The molecular weight excluding hydrogens is 281 g/mol. The van der Waals surface area contributed by atoms with Crippen molar-refractivity contribution in [2.75, 3.05) is 6.61 Å². The van der Waals surface area contributed by atoms with Crippen LogP contribution in [0.3, 0.4) is 0 Å². The topological polar surface area (TPSA) is 18.5 Å². The van der Waals surface area contributed by atoms with Gasteiger partial charge in [-0.3, -0.25) is 0 Å². The zero-order valence-electron chi connectivity index (χ0n) is 12.3. The molecule has 0 bridgehead atoms. The van der Waals surface area contributed by atoms with Crippen molar-refractivity contribution in [1.29, 1.82) is 0 Å². The van der Waals surface area contributed by atoms with Gasteiger partial charge in [0.05, 0.1) is 6.61 Å². The molecule has 0 spiro atoms. The van der Waals surface area contributed by atoms with Crippen LogP contribution in [-0.4, -0.2) is 13.0 Å². The Labute approximate surface area is 124 Å². The molecule has 0 saturated heterocycles. The number of hydrogen-bond donors (Lipinski definition) is 0. The summed E-state index contributed by atoms with van der Waals surface area (Å²) >= 11 is 0.